The molecule has 0 aliphatic carbocycles. The van der Waals surface area contributed by atoms with E-state index in [9.17, 15) is 0 Å². The molecule has 2 heterocycles. The Labute approximate surface area is 129 Å². The molecule has 1 aliphatic heterocycles. The van der Waals surface area contributed by atoms with Gasteiger partial charge >= 0.3 is 0 Å². The van der Waals surface area contributed by atoms with Gasteiger partial charge < -0.3 is 14.6 Å². The number of piperazine rings is 1. The summed E-state index contributed by atoms with van der Waals surface area (Å²) in [6, 6.07) is 2.20. The first-order valence-corrected chi connectivity index (χ1v) is 8.15. The van der Waals surface area contributed by atoms with Crippen molar-refractivity contribution in [2.75, 3.05) is 32.7 Å². The van der Waals surface area contributed by atoms with Gasteiger partial charge in [0, 0.05) is 31.7 Å². The molecule has 0 amide bonds. The zero-order valence-corrected chi connectivity index (χ0v) is 14.3. The third-order valence-corrected chi connectivity index (χ3v) is 4.14. The summed E-state index contributed by atoms with van der Waals surface area (Å²) in [4.78, 5) is 4.99. The number of hydrogen-bond acceptors (Lipinski definition) is 4. The Hall–Kier alpha value is -0.840. The fourth-order valence-electron chi connectivity index (χ4n) is 2.67. The Morgan fingerprint density at radius 2 is 1.76 bits per heavy atom. The molecule has 4 heteroatoms. The van der Waals surface area contributed by atoms with Gasteiger partial charge in [-0.1, -0.05) is 6.92 Å². The van der Waals surface area contributed by atoms with Crippen molar-refractivity contribution in [3.63, 3.8) is 0 Å². The summed E-state index contributed by atoms with van der Waals surface area (Å²) in [7, 11) is 0. The highest BCUT2D eigenvalue weighted by Crippen LogP contribution is 2.18. The Bertz CT molecular complexity index is 439. The van der Waals surface area contributed by atoms with Crippen LogP contribution in [0.15, 0.2) is 10.5 Å². The summed E-state index contributed by atoms with van der Waals surface area (Å²) in [6.45, 7) is 18.5. The molecule has 2 rings (SSSR count). The van der Waals surface area contributed by atoms with Gasteiger partial charge in [-0.3, -0.25) is 4.90 Å². The summed E-state index contributed by atoms with van der Waals surface area (Å²) in [5.41, 5.74) is 1.38. The standard InChI is InChI=1S/C17H31N3O/c1-6-19-7-9-20(10-8-19)13-15-11-14(2)16(21-15)12-18-17(3,4)5/h11,18H,6-10,12-13H2,1-5H3. The summed E-state index contributed by atoms with van der Waals surface area (Å²) in [5, 5.41) is 3.50. The van der Waals surface area contributed by atoms with Gasteiger partial charge in [0.15, 0.2) is 0 Å². The van der Waals surface area contributed by atoms with E-state index in [1.54, 1.807) is 0 Å². The van der Waals surface area contributed by atoms with Gasteiger partial charge in [0.2, 0.25) is 0 Å². The number of nitrogens with one attached hydrogen (secondary N) is 1. The molecule has 1 N–H and O–H groups in total. The van der Waals surface area contributed by atoms with E-state index in [-0.39, 0.29) is 5.54 Å². The van der Waals surface area contributed by atoms with Crippen LogP contribution >= 0.6 is 0 Å². The monoisotopic (exact) mass is 293 g/mol. The molecule has 120 valence electrons. The van der Waals surface area contributed by atoms with E-state index in [4.69, 9.17) is 4.42 Å². The molecule has 1 aromatic rings. The van der Waals surface area contributed by atoms with Crippen molar-refractivity contribution in [2.45, 2.75) is 53.2 Å². The van der Waals surface area contributed by atoms with Crippen molar-refractivity contribution in [3.05, 3.63) is 23.2 Å². The van der Waals surface area contributed by atoms with Gasteiger partial charge in [-0.2, -0.15) is 0 Å². The van der Waals surface area contributed by atoms with Crippen molar-refractivity contribution >= 4 is 0 Å². The maximum Gasteiger partial charge on any atom is 0.120 e. The van der Waals surface area contributed by atoms with Crippen molar-refractivity contribution in [3.8, 4) is 0 Å². The molecule has 0 bridgehead atoms. The Morgan fingerprint density at radius 3 is 2.33 bits per heavy atom. The van der Waals surface area contributed by atoms with Crippen molar-refractivity contribution < 1.29 is 4.42 Å². The van der Waals surface area contributed by atoms with E-state index < -0.39 is 0 Å². The molecular formula is C17H31N3O. The van der Waals surface area contributed by atoms with Crippen LogP contribution in [0.5, 0.6) is 0 Å². The van der Waals surface area contributed by atoms with Gasteiger partial charge in [-0.05, 0) is 45.9 Å². The van der Waals surface area contributed by atoms with Crippen LogP contribution in [0, 0.1) is 6.92 Å². The lowest BCUT2D eigenvalue weighted by atomic mass is 10.1. The van der Waals surface area contributed by atoms with Crippen LogP contribution in [-0.4, -0.2) is 48.1 Å². The van der Waals surface area contributed by atoms with Gasteiger partial charge in [-0.15, -0.1) is 0 Å². The summed E-state index contributed by atoms with van der Waals surface area (Å²) < 4.78 is 6.05. The second-order valence-corrected chi connectivity index (χ2v) is 7.13. The zero-order valence-electron chi connectivity index (χ0n) is 14.3. The molecular weight excluding hydrogens is 262 g/mol. The van der Waals surface area contributed by atoms with Gasteiger partial charge in [0.25, 0.3) is 0 Å². The molecule has 0 saturated carbocycles. The zero-order chi connectivity index (χ0) is 15.5. The van der Waals surface area contributed by atoms with Crippen LogP contribution in [0.3, 0.4) is 0 Å². The highest BCUT2D eigenvalue weighted by molar-refractivity contribution is 5.20. The fraction of sp³-hybridized carbons (Fsp3) is 0.765. The summed E-state index contributed by atoms with van der Waals surface area (Å²) in [6.07, 6.45) is 0. The Morgan fingerprint density at radius 1 is 1.14 bits per heavy atom. The van der Waals surface area contributed by atoms with Crippen LogP contribution in [0.4, 0.5) is 0 Å². The van der Waals surface area contributed by atoms with Crippen LogP contribution < -0.4 is 5.32 Å². The number of furan rings is 1. The molecule has 0 spiro atoms. The molecule has 1 aliphatic rings. The quantitative estimate of drug-likeness (QED) is 0.904. The van der Waals surface area contributed by atoms with Crippen molar-refractivity contribution in [1.29, 1.82) is 0 Å². The number of likely N-dealkylation sites (N-methyl/N-ethyl adjacent to an activating group) is 1. The first-order chi connectivity index (χ1) is 9.87. The first-order valence-electron chi connectivity index (χ1n) is 8.15. The van der Waals surface area contributed by atoms with E-state index >= 15 is 0 Å². The molecule has 1 saturated heterocycles. The minimum atomic E-state index is 0.121. The van der Waals surface area contributed by atoms with E-state index in [0.717, 1.165) is 44.2 Å². The second-order valence-electron chi connectivity index (χ2n) is 7.13. The number of hydrogen-bond donors (Lipinski definition) is 1. The molecule has 0 atom stereocenters. The van der Waals surface area contributed by atoms with Gasteiger partial charge in [-0.25, -0.2) is 0 Å². The van der Waals surface area contributed by atoms with Crippen molar-refractivity contribution in [2.24, 2.45) is 0 Å². The largest absolute Gasteiger partial charge is 0.463 e. The molecule has 4 nitrogen and oxygen atoms in total. The van der Waals surface area contributed by atoms with E-state index in [1.807, 2.05) is 0 Å². The highest BCUT2D eigenvalue weighted by atomic mass is 16.3. The summed E-state index contributed by atoms with van der Waals surface area (Å²) in [5.74, 6) is 2.18. The molecule has 0 radical (unpaired) electrons. The first kappa shape index (κ1) is 16.5. The highest BCUT2D eigenvalue weighted by Gasteiger charge is 2.18. The molecule has 21 heavy (non-hydrogen) atoms. The molecule has 1 aromatic heterocycles. The summed E-state index contributed by atoms with van der Waals surface area (Å²) >= 11 is 0. The minimum absolute atomic E-state index is 0.121. The smallest absolute Gasteiger partial charge is 0.120 e. The van der Waals surface area contributed by atoms with Crippen LogP contribution in [0.1, 0.15) is 44.8 Å². The minimum Gasteiger partial charge on any atom is -0.463 e. The SMILES string of the molecule is CCN1CCN(Cc2cc(C)c(CNC(C)(C)C)o2)CC1. The molecule has 0 aromatic carbocycles. The average molecular weight is 293 g/mol. The van der Waals surface area contributed by atoms with E-state index in [1.165, 1.54) is 18.7 Å². The topological polar surface area (TPSA) is 31.6 Å². The Balaban J connectivity index is 1.87. The predicted octanol–water partition coefficient (Wildman–Crippen LogP) is 2.61. The third kappa shape index (κ3) is 5.13. The lowest BCUT2D eigenvalue weighted by Gasteiger charge is -2.33. The van der Waals surface area contributed by atoms with E-state index in [2.05, 4.69) is 55.8 Å². The number of rotatable bonds is 5. The third-order valence-electron chi connectivity index (χ3n) is 4.14. The Kier molecular flexibility index (Phi) is 5.47. The van der Waals surface area contributed by atoms with Gasteiger partial charge in [0.1, 0.15) is 11.5 Å². The number of nitrogens with zero attached hydrogens (tertiary/aromatic N) is 2. The maximum absolute atomic E-state index is 6.05. The maximum atomic E-state index is 6.05. The van der Waals surface area contributed by atoms with Crippen LogP contribution in [-0.2, 0) is 13.1 Å². The normalized spacial score (nSPS) is 18.3. The molecule has 0 unspecified atom stereocenters. The number of aryl methyl sites for hydroxylation is 1. The molecule has 1 fully saturated rings. The van der Waals surface area contributed by atoms with Crippen molar-refractivity contribution in [1.82, 2.24) is 15.1 Å². The fourth-order valence-corrected chi connectivity index (χ4v) is 2.67. The van der Waals surface area contributed by atoms with E-state index in [0.29, 0.717) is 0 Å². The van der Waals surface area contributed by atoms with Crippen LogP contribution in [0.25, 0.3) is 0 Å². The lowest BCUT2D eigenvalue weighted by molar-refractivity contribution is 0.124. The lowest BCUT2D eigenvalue weighted by Crippen LogP contribution is -2.45. The van der Waals surface area contributed by atoms with Gasteiger partial charge in [0.05, 0.1) is 13.1 Å². The predicted molar refractivity (Wildman–Crippen MR) is 87.4 cm³/mol. The van der Waals surface area contributed by atoms with Crippen LogP contribution in [0.2, 0.25) is 0 Å². The average Bonchev–Trinajstić information content (AvgIpc) is 2.77. The second kappa shape index (κ2) is 6.95.